The lowest BCUT2D eigenvalue weighted by Gasteiger charge is -2.31. The molecule has 0 aromatic heterocycles. The summed E-state index contributed by atoms with van der Waals surface area (Å²) in [6.07, 6.45) is 4.68. The second-order valence-electron chi connectivity index (χ2n) is 8.22. The van der Waals surface area contributed by atoms with Gasteiger partial charge in [-0.05, 0) is 42.2 Å². The summed E-state index contributed by atoms with van der Waals surface area (Å²) in [6, 6.07) is 13.0. The lowest BCUT2D eigenvalue weighted by molar-refractivity contribution is -0.132. The van der Waals surface area contributed by atoms with Crippen LogP contribution in [-0.4, -0.2) is 48.9 Å². The SMILES string of the molecule is COc1ccc([C@H](CC(=O)N2CCCCCC2)N2Cc3ccccc3C2=O)cc1OC. The fourth-order valence-corrected chi connectivity index (χ4v) is 4.61. The first-order chi connectivity index (χ1) is 15.1. The maximum Gasteiger partial charge on any atom is 0.255 e. The maximum atomic E-state index is 13.3. The molecule has 2 aliphatic rings. The van der Waals surface area contributed by atoms with Crippen molar-refractivity contribution in [2.75, 3.05) is 27.3 Å². The largest absolute Gasteiger partial charge is 0.493 e. The number of amides is 2. The average Bonchev–Trinajstić information content (AvgIpc) is 2.97. The van der Waals surface area contributed by atoms with Gasteiger partial charge in [0.05, 0.1) is 26.7 Å². The van der Waals surface area contributed by atoms with Gasteiger partial charge in [-0.1, -0.05) is 37.1 Å². The van der Waals surface area contributed by atoms with Crippen molar-refractivity contribution in [1.29, 1.82) is 0 Å². The van der Waals surface area contributed by atoms with E-state index < -0.39 is 0 Å². The smallest absolute Gasteiger partial charge is 0.255 e. The molecule has 2 aliphatic heterocycles. The zero-order valence-electron chi connectivity index (χ0n) is 18.3. The molecule has 0 bridgehead atoms. The van der Waals surface area contributed by atoms with Gasteiger partial charge in [0.15, 0.2) is 11.5 Å². The van der Waals surface area contributed by atoms with Crippen LogP contribution in [0.5, 0.6) is 11.5 Å². The zero-order valence-corrected chi connectivity index (χ0v) is 18.3. The zero-order chi connectivity index (χ0) is 21.8. The molecule has 0 N–H and O–H groups in total. The van der Waals surface area contributed by atoms with Gasteiger partial charge >= 0.3 is 0 Å². The third-order valence-corrected chi connectivity index (χ3v) is 6.34. The number of rotatable bonds is 6. The molecule has 1 fully saturated rings. The minimum absolute atomic E-state index is 0.0287. The monoisotopic (exact) mass is 422 g/mol. The molecule has 6 nitrogen and oxygen atoms in total. The van der Waals surface area contributed by atoms with Crippen LogP contribution in [0.2, 0.25) is 0 Å². The predicted molar refractivity (Wildman–Crippen MR) is 118 cm³/mol. The van der Waals surface area contributed by atoms with Crippen LogP contribution in [0, 0.1) is 0 Å². The number of methoxy groups -OCH3 is 2. The normalized spacial score (nSPS) is 17.2. The third kappa shape index (κ3) is 4.38. The fraction of sp³-hybridized carbons (Fsp3) is 0.440. The summed E-state index contributed by atoms with van der Waals surface area (Å²) < 4.78 is 10.9. The number of hydrogen-bond acceptors (Lipinski definition) is 4. The highest BCUT2D eigenvalue weighted by atomic mass is 16.5. The molecule has 0 aliphatic carbocycles. The molecule has 0 saturated carbocycles. The molecule has 2 amide bonds. The van der Waals surface area contributed by atoms with E-state index in [1.54, 1.807) is 14.2 Å². The molecule has 0 unspecified atom stereocenters. The van der Waals surface area contributed by atoms with Crippen LogP contribution >= 0.6 is 0 Å². The van der Waals surface area contributed by atoms with E-state index in [-0.39, 0.29) is 24.3 Å². The minimum atomic E-state index is -0.365. The van der Waals surface area contributed by atoms with Gasteiger partial charge < -0.3 is 19.3 Å². The number of hydrogen-bond donors (Lipinski definition) is 0. The van der Waals surface area contributed by atoms with Crippen molar-refractivity contribution in [2.45, 2.75) is 44.7 Å². The molecule has 2 aromatic carbocycles. The predicted octanol–water partition coefficient (Wildman–Crippen LogP) is 4.19. The van der Waals surface area contributed by atoms with Crippen LogP contribution in [0.4, 0.5) is 0 Å². The molecule has 31 heavy (non-hydrogen) atoms. The second-order valence-corrected chi connectivity index (χ2v) is 8.22. The van der Waals surface area contributed by atoms with Crippen molar-refractivity contribution < 1.29 is 19.1 Å². The number of carbonyl (C=O) groups is 2. The van der Waals surface area contributed by atoms with E-state index in [4.69, 9.17) is 9.47 Å². The standard InChI is InChI=1S/C25H30N2O4/c1-30-22-12-11-18(15-23(22)31-2)21(16-24(28)26-13-7-3-4-8-14-26)27-17-19-9-5-6-10-20(19)25(27)29/h5-6,9-12,15,21H,3-4,7-8,13-14,16-17H2,1-2H3/t21-/m0/s1. The van der Waals surface area contributed by atoms with E-state index in [9.17, 15) is 9.59 Å². The van der Waals surface area contributed by atoms with Gasteiger partial charge in [0.1, 0.15) is 0 Å². The lowest BCUT2D eigenvalue weighted by atomic mass is 10.00. The van der Waals surface area contributed by atoms with Gasteiger partial charge in [-0.2, -0.15) is 0 Å². The van der Waals surface area contributed by atoms with Gasteiger partial charge in [-0.3, -0.25) is 9.59 Å². The Bertz CT molecular complexity index is 950. The summed E-state index contributed by atoms with van der Waals surface area (Å²) in [4.78, 5) is 30.3. The van der Waals surface area contributed by atoms with Crippen molar-refractivity contribution in [3.05, 3.63) is 59.2 Å². The maximum absolute atomic E-state index is 13.3. The van der Waals surface area contributed by atoms with Gasteiger partial charge in [0.2, 0.25) is 5.91 Å². The molecular formula is C25H30N2O4. The Morgan fingerprint density at radius 1 is 0.968 bits per heavy atom. The van der Waals surface area contributed by atoms with Crippen molar-refractivity contribution in [3.8, 4) is 11.5 Å². The van der Waals surface area contributed by atoms with E-state index in [1.165, 1.54) is 12.8 Å². The number of ether oxygens (including phenoxy) is 2. The highest BCUT2D eigenvalue weighted by Crippen LogP contribution is 2.37. The molecule has 2 heterocycles. The summed E-state index contributed by atoms with van der Waals surface area (Å²) >= 11 is 0. The van der Waals surface area contributed by atoms with E-state index >= 15 is 0 Å². The highest BCUT2D eigenvalue weighted by molar-refractivity contribution is 5.98. The molecule has 2 aromatic rings. The van der Waals surface area contributed by atoms with Crippen LogP contribution in [0.1, 0.15) is 59.6 Å². The molecule has 164 valence electrons. The first-order valence-corrected chi connectivity index (χ1v) is 11.0. The van der Waals surface area contributed by atoms with Crippen molar-refractivity contribution >= 4 is 11.8 Å². The number of fused-ring (bicyclic) bond motifs is 1. The Morgan fingerprint density at radius 3 is 2.35 bits per heavy atom. The van der Waals surface area contributed by atoms with Crippen LogP contribution in [0.15, 0.2) is 42.5 Å². The van der Waals surface area contributed by atoms with Crippen LogP contribution < -0.4 is 9.47 Å². The molecule has 0 radical (unpaired) electrons. The molecule has 0 spiro atoms. The second kappa shape index (κ2) is 9.41. The summed E-state index contributed by atoms with van der Waals surface area (Å²) in [5.41, 5.74) is 2.59. The van der Waals surface area contributed by atoms with E-state index in [2.05, 4.69) is 0 Å². The number of nitrogens with zero attached hydrogens (tertiary/aromatic N) is 2. The fourth-order valence-electron chi connectivity index (χ4n) is 4.61. The number of likely N-dealkylation sites (tertiary alicyclic amines) is 1. The van der Waals surface area contributed by atoms with Crippen LogP contribution in [-0.2, 0) is 11.3 Å². The van der Waals surface area contributed by atoms with Crippen molar-refractivity contribution in [2.24, 2.45) is 0 Å². The minimum Gasteiger partial charge on any atom is -0.493 e. The molecule has 1 saturated heterocycles. The Kier molecular flexibility index (Phi) is 6.44. The van der Waals surface area contributed by atoms with Crippen molar-refractivity contribution in [3.63, 3.8) is 0 Å². The molecule has 4 rings (SSSR count). The number of benzene rings is 2. The summed E-state index contributed by atoms with van der Waals surface area (Å²) in [6.45, 7) is 2.10. The highest BCUT2D eigenvalue weighted by Gasteiger charge is 2.35. The van der Waals surface area contributed by atoms with Crippen LogP contribution in [0.25, 0.3) is 0 Å². The number of carbonyl (C=O) groups excluding carboxylic acids is 2. The Hall–Kier alpha value is -3.02. The Morgan fingerprint density at radius 2 is 1.68 bits per heavy atom. The summed E-state index contributed by atoms with van der Waals surface area (Å²) in [5.74, 6) is 1.29. The third-order valence-electron chi connectivity index (χ3n) is 6.34. The van der Waals surface area contributed by atoms with Gasteiger partial charge in [-0.15, -0.1) is 0 Å². The lowest BCUT2D eigenvalue weighted by Crippen LogP contribution is -2.37. The first-order valence-electron chi connectivity index (χ1n) is 11.0. The molecule has 1 atom stereocenters. The van der Waals surface area contributed by atoms with Gasteiger partial charge in [-0.25, -0.2) is 0 Å². The summed E-state index contributed by atoms with van der Waals surface area (Å²) in [5, 5.41) is 0. The topological polar surface area (TPSA) is 59.1 Å². The average molecular weight is 423 g/mol. The van der Waals surface area contributed by atoms with Crippen LogP contribution in [0.3, 0.4) is 0 Å². The van der Waals surface area contributed by atoms with Gasteiger partial charge in [0.25, 0.3) is 5.91 Å². The van der Waals surface area contributed by atoms with Gasteiger partial charge in [0, 0.05) is 25.2 Å². The molecule has 6 heteroatoms. The summed E-state index contributed by atoms with van der Waals surface area (Å²) in [7, 11) is 3.19. The van der Waals surface area contributed by atoms with E-state index in [1.807, 2.05) is 52.3 Å². The Labute approximate surface area is 183 Å². The van der Waals surface area contributed by atoms with Crippen molar-refractivity contribution in [1.82, 2.24) is 9.80 Å². The Balaban J connectivity index is 1.66. The quantitative estimate of drug-likeness (QED) is 0.700. The molecular weight excluding hydrogens is 392 g/mol. The van der Waals surface area contributed by atoms with E-state index in [0.717, 1.165) is 42.6 Å². The van der Waals surface area contributed by atoms with E-state index in [0.29, 0.717) is 18.0 Å². The first kappa shape index (κ1) is 21.2.